The molecule has 182 valence electrons. The average Bonchev–Trinajstić information content (AvgIpc) is 3.28. The zero-order valence-electron chi connectivity index (χ0n) is 17.0. The number of aromatic nitrogens is 4. The lowest BCUT2D eigenvalue weighted by Gasteiger charge is -2.10. The molecule has 0 atom stereocenters. The average molecular weight is 515 g/mol. The molecule has 0 radical (unpaired) electrons. The van der Waals surface area contributed by atoms with E-state index in [1.807, 2.05) is 0 Å². The highest BCUT2D eigenvalue weighted by molar-refractivity contribution is 7.89. The van der Waals surface area contributed by atoms with Crippen LogP contribution in [0.5, 0.6) is 0 Å². The van der Waals surface area contributed by atoms with Crippen LogP contribution in [0.25, 0.3) is 34.4 Å². The van der Waals surface area contributed by atoms with Crippen LogP contribution in [0.2, 0.25) is 0 Å². The smallest absolute Gasteiger partial charge is 0.333 e. The minimum Gasteiger partial charge on any atom is -0.333 e. The molecule has 0 fully saturated rings. The molecule has 35 heavy (non-hydrogen) atoms. The van der Waals surface area contributed by atoms with E-state index in [0.29, 0.717) is 18.2 Å². The first-order valence-electron chi connectivity index (χ1n) is 9.33. The van der Waals surface area contributed by atoms with Gasteiger partial charge in [0, 0.05) is 11.1 Å². The van der Waals surface area contributed by atoms with E-state index < -0.39 is 45.3 Å². The van der Waals surface area contributed by atoms with Crippen molar-refractivity contribution in [3.63, 3.8) is 0 Å². The number of rotatable bonds is 4. The minimum atomic E-state index is -4.92. The van der Waals surface area contributed by atoms with E-state index in [4.69, 9.17) is 9.66 Å². The summed E-state index contributed by atoms with van der Waals surface area (Å²) in [4.78, 5) is 11.0. The first-order valence-corrected chi connectivity index (χ1v) is 10.9. The third kappa shape index (κ3) is 5.30. The van der Waals surface area contributed by atoms with Crippen LogP contribution in [-0.2, 0) is 22.4 Å². The Bertz CT molecular complexity index is 1500. The molecule has 4 rings (SSSR count). The predicted octanol–water partition coefficient (Wildman–Crippen LogP) is 4.55. The lowest BCUT2D eigenvalue weighted by Crippen LogP contribution is -2.11. The zero-order valence-corrected chi connectivity index (χ0v) is 17.8. The Kier molecular flexibility index (Phi) is 5.84. The van der Waals surface area contributed by atoms with Crippen molar-refractivity contribution in [2.45, 2.75) is 17.2 Å². The van der Waals surface area contributed by atoms with E-state index in [9.17, 15) is 34.8 Å². The van der Waals surface area contributed by atoms with E-state index in [0.717, 1.165) is 18.2 Å². The van der Waals surface area contributed by atoms with Crippen molar-refractivity contribution >= 4 is 10.0 Å². The van der Waals surface area contributed by atoms with Gasteiger partial charge in [-0.15, -0.1) is 0 Å². The lowest BCUT2D eigenvalue weighted by molar-refractivity contribution is -0.141. The normalized spacial score (nSPS) is 12.7. The maximum atomic E-state index is 13.5. The first-order chi connectivity index (χ1) is 16.2. The largest absolute Gasteiger partial charge is 0.433 e. The van der Waals surface area contributed by atoms with Gasteiger partial charge < -0.3 is 4.52 Å². The molecule has 0 bridgehead atoms. The van der Waals surface area contributed by atoms with E-state index >= 15 is 0 Å². The second kappa shape index (κ2) is 8.42. The van der Waals surface area contributed by atoms with Crippen LogP contribution in [-0.4, -0.2) is 28.5 Å². The Morgan fingerprint density at radius 1 is 0.771 bits per heavy atom. The second-order valence-corrected chi connectivity index (χ2v) is 8.59. The molecule has 2 N–H and O–H groups in total. The molecule has 2 aromatic heterocycles. The maximum Gasteiger partial charge on any atom is 0.433 e. The van der Waals surface area contributed by atoms with Crippen LogP contribution in [0.1, 0.15) is 11.3 Å². The third-order valence-corrected chi connectivity index (χ3v) is 5.47. The molecular weight excluding hydrogens is 504 g/mol. The molecule has 0 saturated carbocycles. The standard InChI is InChI=1S/C20H11F6N5O3S/c21-19(22,23)12-6-4-10(5-7-12)14-9-15(20(24,25)26)29-16(28-14)17-30-18(34-31-17)11-2-1-3-13(8-11)35(27,32)33/h1-9H,(H2,27,32,33). The summed E-state index contributed by atoms with van der Waals surface area (Å²) < 4.78 is 107. The Balaban J connectivity index is 1.78. The van der Waals surface area contributed by atoms with Crippen molar-refractivity contribution in [3.05, 3.63) is 65.9 Å². The summed E-state index contributed by atoms with van der Waals surface area (Å²) in [5, 5.41) is 8.63. The molecular formula is C20H11F6N5O3S. The number of halogens is 6. The van der Waals surface area contributed by atoms with Crippen LogP contribution in [0, 0.1) is 0 Å². The highest BCUT2D eigenvalue weighted by atomic mass is 32.2. The molecule has 0 unspecified atom stereocenters. The number of primary sulfonamides is 1. The monoisotopic (exact) mass is 515 g/mol. The van der Waals surface area contributed by atoms with Gasteiger partial charge in [-0.25, -0.2) is 23.5 Å². The van der Waals surface area contributed by atoms with E-state index in [-0.39, 0.29) is 27.6 Å². The fourth-order valence-corrected chi connectivity index (χ4v) is 3.47. The molecule has 0 aliphatic heterocycles. The number of benzene rings is 2. The summed E-state index contributed by atoms with van der Waals surface area (Å²) in [7, 11) is -4.06. The van der Waals surface area contributed by atoms with Gasteiger partial charge in [0.2, 0.25) is 21.7 Å². The maximum absolute atomic E-state index is 13.5. The van der Waals surface area contributed by atoms with Crippen LogP contribution in [0.4, 0.5) is 26.3 Å². The van der Waals surface area contributed by atoms with Gasteiger partial charge in [-0.1, -0.05) is 23.4 Å². The first kappa shape index (κ1) is 24.3. The second-order valence-electron chi connectivity index (χ2n) is 7.03. The number of hydrogen-bond donors (Lipinski definition) is 1. The Morgan fingerprint density at radius 3 is 2.06 bits per heavy atom. The highest BCUT2D eigenvalue weighted by Crippen LogP contribution is 2.34. The summed E-state index contributed by atoms with van der Waals surface area (Å²) in [5.74, 6) is -1.35. The van der Waals surface area contributed by atoms with Gasteiger partial charge in [0.1, 0.15) is 5.69 Å². The molecule has 0 aliphatic carbocycles. The molecule has 15 heteroatoms. The van der Waals surface area contributed by atoms with Crippen LogP contribution in [0.15, 0.2) is 64.0 Å². The Morgan fingerprint density at radius 2 is 1.46 bits per heavy atom. The fraction of sp³-hybridized carbons (Fsp3) is 0.100. The number of nitrogens with zero attached hydrogens (tertiary/aromatic N) is 4. The highest BCUT2D eigenvalue weighted by Gasteiger charge is 2.35. The minimum absolute atomic E-state index is 0.0447. The van der Waals surface area contributed by atoms with Crippen molar-refractivity contribution < 1.29 is 39.3 Å². The van der Waals surface area contributed by atoms with E-state index in [1.54, 1.807) is 0 Å². The summed E-state index contributed by atoms with van der Waals surface area (Å²) in [6.07, 6.45) is -9.55. The van der Waals surface area contributed by atoms with Crippen molar-refractivity contribution in [1.82, 2.24) is 20.1 Å². The molecule has 4 aromatic rings. The zero-order chi connectivity index (χ0) is 25.6. The lowest BCUT2D eigenvalue weighted by atomic mass is 10.1. The number of nitrogens with two attached hydrogens (primary N) is 1. The van der Waals surface area contributed by atoms with Gasteiger partial charge >= 0.3 is 12.4 Å². The van der Waals surface area contributed by atoms with Gasteiger partial charge in [-0.2, -0.15) is 31.3 Å². The summed E-state index contributed by atoms with van der Waals surface area (Å²) >= 11 is 0. The Labute approximate surface area is 192 Å². The van der Waals surface area contributed by atoms with Crippen molar-refractivity contribution in [2.75, 3.05) is 0 Å². The molecule has 0 spiro atoms. The molecule has 2 aromatic carbocycles. The molecule has 0 amide bonds. The van der Waals surface area contributed by atoms with Crippen molar-refractivity contribution in [2.24, 2.45) is 5.14 Å². The van der Waals surface area contributed by atoms with Crippen LogP contribution < -0.4 is 5.14 Å². The molecule has 0 saturated heterocycles. The Hall–Kier alpha value is -3.85. The fourth-order valence-electron chi connectivity index (χ4n) is 2.91. The van der Waals surface area contributed by atoms with Gasteiger partial charge in [0.05, 0.1) is 16.2 Å². The predicted molar refractivity (Wildman–Crippen MR) is 108 cm³/mol. The van der Waals surface area contributed by atoms with Crippen molar-refractivity contribution in [1.29, 1.82) is 0 Å². The molecule has 2 heterocycles. The van der Waals surface area contributed by atoms with E-state index in [2.05, 4.69) is 20.1 Å². The summed E-state index contributed by atoms with van der Waals surface area (Å²) in [6, 6.07) is 8.98. The molecule has 0 aliphatic rings. The van der Waals surface area contributed by atoms with Gasteiger partial charge in [0.25, 0.3) is 5.89 Å². The van der Waals surface area contributed by atoms with E-state index in [1.165, 1.54) is 18.2 Å². The summed E-state index contributed by atoms with van der Waals surface area (Å²) in [6.45, 7) is 0. The van der Waals surface area contributed by atoms with Crippen molar-refractivity contribution in [3.8, 4) is 34.4 Å². The SMILES string of the molecule is NS(=O)(=O)c1cccc(-c2nc(-c3nc(-c4ccc(C(F)(F)F)cc4)cc(C(F)(F)F)n3)no2)c1. The molecule has 8 nitrogen and oxygen atoms in total. The third-order valence-electron chi connectivity index (χ3n) is 4.56. The quantitative estimate of drug-likeness (QED) is 0.396. The summed E-state index contributed by atoms with van der Waals surface area (Å²) in [5.41, 5.74) is -2.66. The number of hydrogen-bond acceptors (Lipinski definition) is 7. The van der Waals surface area contributed by atoms with Crippen LogP contribution >= 0.6 is 0 Å². The van der Waals surface area contributed by atoms with Gasteiger partial charge in [0.15, 0.2) is 0 Å². The van der Waals surface area contributed by atoms with Gasteiger partial charge in [-0.05, 0) is 36.4 Å². The topological polar surface area (TPSA) is 125 Å². The van der Waals surface area contributed by atoms with Crippen LogP contribution in [0.3, 0.4) is 0 Å². The number of sulfonamides is 1. The van der Waals surface area contributed by atoms with Gasteiger partial charge in [-0.3, -0.25) is 0 Å². The number of alkyl halides is 6.